The average Bonchev–Trinajstić information content (AvgIpc) is 2.70. The van der Waals surface area contributed by atoms with Gasteiger partial charge in [-0.2, -0.15) is 0 Å². The van der Waals surface area contributed by atoms with Crippen molar-refractivity contribution >= 4 is 17.5 Å². The van der Waals surface area contributed by atoms with E-state index in [4.69, 9.17) is 0 Å². The van der Waals surface area contributed by atoms with Gasteiger partial charge < -0.3 is 10.2 Å². The van der Waals surface area contributed by atoms with E-state index in [2.05, 4.69) is 5.32 Å². The smallest absolute Gasteiger partial charge is 0.261 e. The third-order valence-electron chi connectivity index (χ3n) is 4.11. The Morgan fingerprint density at radius 1 is 1.14 bits per heavy atom. The minimum atomic E-state index is -1.15. The number of amides is 2. The molecule has 0 radical (unpaired) electrons. The van der Waals surface area contributed by atoms with E-state index in [1.54, 1.807) is 11.9 Å². The molecule has 4 heteroatoms. The van der Waals surface area contributed by atoms with Crippen molar-refractivity contribution < 1.29 is 9.59 Å². The summed E-state index contributed by atoms with van der Waals surface area (Å²) in [5, 5.41) is 2.90. The Balaban J connectivity index is 2.33. The zero-order valence-electron chi connectivity index (χ0n) is 12.9. The maximum Gasteiger partial charge on any atom is 0.261 e. The quantitative estimate of drug-likeness (QED) is 0.924. The molecular weight excluding hydrogens is 276 g/mol. The molecule has 1 atom stereocenters. The van der Waals surface area contributed by atoms with E-state index in [9.17, 15) is 9.59 Å². The summed E-state index contributed by atoms with van der Waals surface area (Å²) in [7, 11) is 1.74. The number of nitrogens with zero attached hydrogens (tertiary/aromatic N) is 1. The summed E-state index contributed by atoms with van der Waals surface area (Å²) < 4.78 is 0. The van der Waals surface area contributed by atoms with Crippen LogP contribution in [0.3, 0.4) is 0 Å². The van der Waals surface area contributed by atoms with Gasteiger partial charge in [0.25, 0.3) is 5.91 Å². The number of hydrogen-bond donors (Lipinski definition) is 1. The van der Waals surface area contributed by atoms with Gasteiger partial charge in [-0.25, -0.2) is 0 Å². The first kappa shape index (κ1) is 14.3. The molecule has 112 valence electrons. The van der Waals surface area contributed by atoms with Crippen LogP contribution < -0.4 is 10.2 Å². The number of anilines is 1. The standard InChI is InChI=1S/C18H18N2O2/c1-12-9-10-16-15(11-12)18(19-13(2)21,17(22)20(16)3)14-7-5-4-6-8-14/h4-11H,1-3H3,(H,19,21). The van der Waals surface area contributed by atoms with E-state index in [0.29, 0.717) is 0 Å². The number of aryl methyl sites for hydroxylation is 1. The molecule has 0 spiro atoms. The lowest BCUT2D eigenvalue weighted by molar-refractivity contribution is -0.128. The van der Waals surface area contributed by atoms with Crippen molar-refractivity contribution in [2.24, 2.45) is 0 Å². The molecule has 0 bridgehead atoms. The topological polar surface area (TPSA) is 49.4 Å². The number of carbonyl (C=O) groups is 2. The van der Waals surface area contributed by atoms with E-state index in [1.807, 2.05) is 55.5 Å². The predicted octanol–water partition coefficient (Wildman–Crippen LogP) is 2.35. The Morgan fingerprint density at radius 3 is 2.45 bits per heavy atom. The summed E-state index contributed by atoms with van der Waals surface area (Å²) in [5.74, 6) is -0.380. The number of rotatable bonds is 2. The highest BCUT2D eigenvalue weighted by Gasteiger charge is 2.51. The maximum atomic E-state index is 13.0. The lowest BCUT2D eigenvalue weighted by Crippen LogP contribution is -2.52. The van der Waals surface area contributed by atoms with Crippen LogP contribution in [-0.4, -0.2) is 18.9 Å². The summed E-state index contributed by atoms with van der Waals surface area (Å²) in [6.07, 6.45) is 0. The van der Waals surface area contributed by atoms with Gasteiger partial charge in [-0.15, -0.1) is 0 Å². The molecule has 2 amide bonds. The summed E-state index contributed by atoms with van der Waals surface area (Å²) in [5.41, 5.74) is 2.32. The SMILES string of the molecule is CC(=O)NC1(c2ccccc2)C(=O)N(C)c2ccc(C)cc21. The number of likely N-dealkylation sites (N-methyl/N-ethyl adjacent to an activating group) is 1. The van der Waals surface area contributed by atoms with Crippen LogP contribution in [0.4, 0.5) is 5.69 Å². The summed E-state index contributed by atoms with van der Waals surface area (Å²) >= 11 is 0. The average molecular weight is 294 g/mol. The first-order valence-electron chi connectivity index (χ1n) is 7.20. The normalized spacial score (nSPS) is 20.0. The number of fused-ring (bicyclic) bond motifs is 1. The molecule has 3 rings (SSSR count). The fourth-order valence-corrected chi connectivity index (χ4v) is 3.14. The van der Waals surface area contributed by atoms with Crippen LogP contribution in [0, 0.1) is 6.92 Å². The first-order valence-corrected chi connectivity index (χ1v) is 7.20. The Kier molecular flexibility index (Phi) is 3.24. The summed E-state index contributed by atoms with van der Waals surface area (Å²) in [6, 6.07) is 15.3. The molecule has 1 unspecified atom stereocenters. The van der Waals surface area contributed by atoms with E-state index >= 15 is 0 Å². The third kappa shape index (κ3) is 1.91. The van der Waals surface area contributed by atoms with Gasteiger partial charge in [0, 0.05) is 25.2 Å². The van der Waals surface area contributed by atoms with Crippen molar-refractivity contribution in [1.29, 1.82) is 0 Å². The Bertz CT molecular complexity index is 755. The molecule has 1 aliphatic rings. The highest BCUT2D eigenvalue weighted by molar-refractivity contribution is 6.11. The predicted molar refractivity (Wildman–Crippen MR) is 85.6 cm³/mol. The fraction of sp³-hybridized carbons (Fsp3) is 0.222. The van der Waals surface area contributed by atoms with Crippen molar-refractivity contribution in [2.75, 3.05) is 11.9 Å². The van der Waals surface area contributed by atoms with E-state index < -0.39 is 5.54 Å². The largest absolute Gasteiger partial charge is 0.335 e. The minimum absolute atomic E-state index is 0.144. The second kappa shape index (κ2) is 4.98. The molecule has 0 saturated heterocycles. The molecule has 0 saturated carbocycles. The van der Waals surface area contributed by atoms with Gasteiger partial charge >= 0.3 is 0 Å². The molecule has 1 aliphatic heterocycles. The van der Waals surface area contributed by atoms with Gasteiger partial charge in [-0.3, -0.25) is 9.59 Å². The molecule has 2 aromatic carbocycles. The summed E-state index contributed by atoms with van der Waals surface area (Å²) in [6.45, 7) is 3.42. The Hall–Kier alpha value is -2.62. The second-order valence-electron chi connectivity index (χ2n) is 5.68. The molecule has 2 aromatic rings. The van der Waals surface area contributed by atoms with Crippen LogP contribution in [-0.2, 0) is 15.1 Å². The monoisotopic (exact) mass is 294 g/mol. The zero-order chi connectivity index (χ0) is 15.9. The van der Waals surface area contributed by atoms with Crippen LogP contribution in [0.5, 0.6) is 0 Å². The van der Waals surface area contributed by atoms with Gasteiger partial charge in [0.15, 0.2) is 5.54 Å². The van der Waals surface area contributed by atoms with E-state index in [0.717, 1.165) is 22.4 Å². The van der Waals surface area contributed by atoms with Crippen molar-refractivity contribution in [1.82, 2.24) is 5.32 Å². The van der Waals surface area contributed by atoms with Gasteiger partial charge in [-0.05, 0) is 18.6 Å². The van der Waals surface area contributed by atoms with Gasteiger partial charge in [-0.1, -0.05) is 48.0 Å². The van der Waals surface area contributed by atoms with Gasteiger partial charge in [0.1, 0.15) is 0 Å². The molecule has 0 fully saturated rings. The minimum Gasteiger partial charge on any atom is -0.335 e. The van der Waals surface area contributed by atoms with Crippen molar-refractivity contribution in [3.63, 3.8) is 0 Å². The van der Waals surface area contributed by atoms with Crippen molar-refractivity contribution in [3.8, 4) is 0 Å². The van der Waals surface area contributed by atoms with Crippen LogP contribution in [0.25, 0.3) is 0 Å². The van der Waals surface area contributed by atoms with Crippen molar-refractivity contribution in [3.05, 3.63) is 65.2 Å². The molecule has 0 aliphatic carbocycles. The van der Waals surface area contributed by atoms with Crippen LogP contribution in [0.15, 0.2) is 48.5 Å². The lowest BCUT2D eigenvalue weighted by Gasteiger charge is -2.29. The number of carbonyl (C=O) groups excluding carboxylic acids is 2. The first-order chi connectivity index (χ1) is 10.5. The molecule has 1 N–H and O–H groups in total. The lowest BCUT2D eigenvalue weighted by atomic mass is 9.83. The van der Waals surface area contributed by atoms with E-state index in [1.165, 1.54) is 6.92 Å². The summed E-state index contributed by atoms with van der Waals surface area (Å²) in [4.78, 5) is 26.5. The second-order valence-corrected chi connectivity index (χ2v) is 5.68. The number of benzene rings is 2. The molecular formula is C18H18N2O2. The molecule has 22 heavy (non-hydrogen) atoms. The number of nitrogens with one attached hydrogen (secondary N) is 1. The molecule has 4 nitrogen and oxygen atoms in total. The van der Waals surface area contributed by atoms with Crippen molar-refractivity contribution in [2.45, 2.75) is 19.4 Å². The highest BCUT2D eigenvalue weighted by Crippen LogP contribution is 2.44. The third-order valence-corrected chi connectivity index (χ3v) is 4.11. The van der Waals surface area contributed by atoms with Gasteiger partial charge in [0.2, 0.25) is 5.91 Å². The Morgan fingerprint density at radius 2 is 1.82 bits per heavy atom. The Labute approximate surface area is 129 Å². The van der Waals surface area contributed by atoms with E-state index in [-0.39, 0.29) is 11.8 Å². The number of hydrogen-bond acceptors (Lipinski definition) is 2. The van der Waals surface area contributed by atoms with Crippen LogP contribution in [0.2, 0.25) is 0 Å². The molecule has 1 heterocycles. The van der Waals surface area contributed by atoms with Gasteiger partial charge in [0.05, 0.1) is 0 Å². The fourth-order valence-electron chi connectivity index (χ4n) is 3.14. The maximum absolute atomic E-state index is 13.0. The van der Waals surface area contributed by atoms with Crippen LogP contribution in [0.1, 0.15) is 23.6 Å². The highest BCUT2D eigenvalue weighted by atomic mass is 16.2. The van der Waals surface area contributed by atoms with Crippen LogP contribution >= 0.6 is 0 Å². The zero-order valence-corrected chi connectivity index (χ0v) is 12.9. The molecule has 0 aromatic heterocycles.